The topological polar surface area (TPSA) is 161 Å². The predicted molar refractivity (Wildman–Crippen MR) is 87.5 cm³/mol. The van der Waals surface area contributed by atoms with E-state index in [9.17, 15) is 19.5 Å². The zero-order chi connectivity index (χ0) is 18.1. The number of nitrogen functional groups attached to an aromatic ring is 1. The number of nitrogens with two attached hydrogens (primary N) is 1. The molecule has 3 rings (SSSR count). The number of hydrogen-bond acceptors (Lipinski definition) is 7. The summed E-state index contributed by atoms with van der Waals surface area (Å²) >= 11 is 0. The molecule has 11 heteroatoms. The number of aromatic hydroxyl groups is 1. The largest absolute Gasteiger partial charge is 0.492 e. The van der Waals surface area contributed by atoms with Crippen LogP contribution in [0.1, 0.15) is 10.4 Å². The Kier molecular flexibility index (Phi) is 3.81. The second-order valence-electron chi connectivity index (χ2n) is 5.12. The average molecular weight is 343 g/mol. The summed E-state index contributed by atoms with van der Waals surface area (Å²) < 4.78 is 0.952. The number of aromatic amines is 1. The average Bonchev–Trinajstić information content (AvgIpc) is 3.14. The minimum Gasteiger partial charge on any atom is -0.492 e. The van der Waals surface area contributed by atoms with Crippen molar-refractivity contribution >= 4 is 11.6 Å². The zero-order valence-corrected chi connectivity index (χ0v) is 12.9. The van der Waals surface area contributed by atoms with Crippen LogP contribution in [0.5, 0.6) is 5.88 Å². The fourth-order valence-electron chi connectivity index (χ4n) is 2.19. The minimum atomic E-state index is -0.957. The second kappa shape index (κ2) is 5.96. The molecule has 0 aliphatic rings. The number of anilines is 1. The maximum absolute atomic E-state index is 12.3. The van der Waals surface area contributed by atoms with Gasteiger partial charge in [-0.05, 0) is 12.1 Å². The molecule has 128 valence electrons. The molecule has 0 atom stereocenters. The van der Waals surface area contributed by atoms with Crippen molar-refractivity contribution in [3.63, 3.8) is 0 Å². The predicted octanol–water partition coefficient (Wildman–Crippen LogP) is -0.996. The molecule has 0 aliphatic carbocycles. The van der Waals surface area contributed by atoms with Crippen molar-refractivity contribution < 1.29 is 9.90 Å². The van der Waals surface area contributed by atoms with Crippen molar-refractivity contribution in [1.82, 2.24) is 24.7 Å². The number of carbonyl (C=O) groups is 1. The summed E-state index contributed by atoms with van der Waals surface area (Å²) in [4.78, 5) is 36.0. The Morgan fingerprint density at radius 2 is 1.96 bits per heavy atom. The van der Waals surface area contributed by atoms with Gasteiger partial charge in [-0.2, -0.15) is 4.68 Å². The number of H-pyrrole nitrogens is 1. The van der Waals surface area contributed by atoms with Gasteiger partial charge in [0.2, 0.25) is 5.88 Å². The number of aromatic nitrogens is 5. The van der Waals surface area contributed by atoms with Crippen molar-refractivity contribution in [2.45, 2.75) is 0 Å². The number of rotatable bonds is 3. The molecule has 0 saturated carbocycles. The first-order valence-electron chi connectivity index (χ1n) is 6.98. The third kappa shape index (κ3) is 2.73. The van der Waals surface area contributed by atoms with Crippen LogP contribution in [0.2, 0.25) is 0 Å². The van der Waals surface area contributed by atoms with Gasteiger partial charge >= 0.3 is 5.69 Å². The van der Waals surface area contributed by atoms with Crippen LogP contribution in [-0.2, 0) is 7.05 Å². The summed E-state index contributed by atoms with van der Waals surface area (Å²) in [7, 11) is 1.15. The van der Waals surface area contributed by atoms with Crippen molar-refractivity contribution in [2.24, 2.45) is 7.05 Å². The quantitative estimate of drug-likeness (QED) is 0.444. The lowest BCUT2D eigenvalue weighted by Gasteiger charge is -2.10. The standard InChI is InChI=1S/C14H13N7O4/c1-20-12(23)10(13(24)21(15)14(20)25)11(22)17-8-4-2-7(3-5-8)9-6-16-19-18-9/h2-6,24H,15H2,1H3,(H,17,22)(H,16,18,19). The van der Waals surface area contributed by atoms with Crippen LogP contribution in [0.25, 0.3) is 11.3 Å². The first-order valence-corrected chi connectivity index (χ1v) is 6.98. The van der Waals surface area contributed by atoms with Crippen molar-refractivity contribution in [3.05, 3.63) is 56.9 Å². The Morgan fingerprint density at radius 3 is 2.56 bits per heavy atom. The van der Waals surface area contributed by atoms with Gasteiger partial charge in [0.15, 0.2) is 5.56 Å². The number of amides is 1. The zero-order valence-electron chi connectivity index (χ0n) is 12.9. The third-order valence-corrected chi connectivity index (χ3v) is 3.56. The number of benzene rings is 1. The van der Waals surface area contributed by atoms with Crippen LogP contribution < -0.4 is 22.4 Å². The Morgan fingerprint density at radius 1 is 1.28 bits per heavy atom. The lowest BCUT2D eigenvalue weighted by molar-refractivity contribution is 0.102. The monoisotopic (exact) mass is 343 g/mol. The van der Waals surface area contributed by atoms with Crippen LogP contribution in [0.15, 0.2) is 40.1 Å². The van der Waals surface area contributed by atoms with Gasteiger partial charge in [0, 0.05) is 18.3 Å². The van der Waals surface area contributed by atoms with E-state index in [1.165, 1.54) is 0 Å². The lowest BCUT2D eigenvalue weighted by atomic mass is 10.1. The summed E-state index contributed by atoms with van der Waals surface area (Å²) in [5, 5.41) is 22.3. The fourth-order valence-corrected chi connectivity index (χ4v) is 2.19. The molecule has 5 N–H and O–H groups in total. The SMILES string of the molecule is Cn1c(=O)c(C(=O)Nc2ccc(-c3cnn[nH]3)cc2)c(O)n(N)c1=O. The number of carbonyl (C=O) groups excluding carboxylic acids is 1. The molecule has 1 aromatic carbocycles. The van der Waals surface area contributed by atoms with Crippen molar-refractivity contribution in [1.29, 1.82) is 0 Å². The summed E-state index contributed by atoms with van der Waals surface area (Å²) in [5.74, 6) is 3.55. The lowest BCUT2D eigenvalue weighted by Crippen LogP contribution is -2.44. The molecule has 0 radical (unpaired) electrons. The van der Waals surface area contributed by atoms with E-state index in [4.69, 9.17) is 5.84 Å². The molecule has 0 unspecified atom stereocenters. The molecule has 3 aromatic rings. The van der Waals surface area contributed by atoms with E-state index < -0.39 is 28.6 Å². The summed E-state index contributed by atoms with van der Waals surface area (Å²) in [5.41, 5.74) is -0.681. The summed E-state index contributed by atoms with van der Waals surface area (Å²) in [6.07, 6.45) is 1.54. The van der Waals surface area contributed by atoms with Crippen LogP contribution in [0.4, 0.5) is 5.69 Å². The second-order valence-corrected chi connectivity index (χ2v) is 5.12. The molecular weight excluding hydrogens is 330 g/mol. The Bertz CT molecular complexity index is 1050. The van der Waals surface area contributed by atoms with Crippen LogP contribution in [-0.4, -0.2) is 35.7 Å². The molecule has 1 amide bonds. The molecule has 25 heavy (non-hydrogen) atoms. The summed E-state index contributed by atoms with van der Waals surface area (Å²) in [6, 6.07) is 6.58. The smallest absolute Gasteiger partial charge is 0.352 e. The van der Waals surface area contributed by atoms with Gasteiger partial charge in [-0.1, -0.05) is 17.3 Å². The molecule has 0 aliphatic heterocycles. The number of hydrogen-bond donors (Lipinski definition) is 4. The van der Waals surface area contributed by atoms with E-state index in [0.717, 1.165) is 12.6 Å². The first-order chi connectivity index (χ1) is 11.9. The van der Waals surface area contributed by atoms with Gasteiger partial charge in [0.25, 0.3) is 11.5 Å². The molecular formula is C14H13N7O4. The highest BCUT2D eigenvalue weighted by molar-refractivity contribution is 6.05. The van der Waals surface area contributed by atoms with E-state index in [1.807, 2.05) is 0 Å². The number of nitrogens with zero attached hydrogens (tertiary/aromatic N) is 4. The van der Waals surface area contributed by atoms with Crippen molar-refractivity contribution in [3.8, 4) is 17.1 Å². The first kappa shape index (κ1) is 16.0. The van der Waals surface area contributed by atoms with E-state index in [0.29, 0.717) is 20.6 Å². The van der Waals surface area contributed by atoms with E-state index >= 15 is 0 Å². The molecule has 0 fully saturated rings. The summed E-state index contributed by atoms with van der Waals surface area (Å²) in [6.45, 7) is 0. The molecule has 11 nitrogen and oxygen atoms in total. The highest BCUT2D eigenvalue weighted by Gasteiger charge is 2.22. The van der Waals surface area contributed by atoms with Gasteiger partial charge < -0.3 is 16.3 Å². The Balaban J connectivity index is 1.91. The molecule has 2 aromatic heterocycles. The van der Waals surface area contributed by atoms with Gasteiger partial charge in [-0.15, -0.1) is 5.10 Å². The minimum absolute atomic E-state index is 0.324. The van der Waals surface area contributed by atoms with Gasteiger partial charge in [-0.3, -0.25) is 19.3 Å². The molecule has 0 bridgehead atoms. The van der Waals surface area contributed by atoms with Crippen molar-refractivity contribution in [2.75, 3.05) is 11.2 Å². The normalized spacial score (nSPS) is 10.6. The van der Waals surface area contributed by atoms with Crippen LogP contribution in [0, 0.1) is 0 Å². The maximum Gasteiger partial charge on any atom is 0.352 e. The Hall–Kier alpha value is -3.89. The third-order valence-electron chi connectivity index (χ3n) is 3.56. The van der Waals surface area contributed by atoms with E-state index in [2.05, 4.69) is 20.7 Å². The highest BCUT2D eigenvalue weighted by Crippen LogP contribution is 2.19. The number of nitrogens with one attached hydrogen (secondary N) is 2. The van der Waals surface area contributed by atoms with Gasteiger partial charge in [0.05, 0.1) is 11.9 Å². The maximum atomic E-state index is 12.3. The van der Waals surface area contributed by atoms with Gasteiger partial charge in [-0.25, -0.2) is 4.79 Å². The Labute approximate surface area is 139 Å². The molecule has 0 spiro atoms. The van der Waals surface area contributed by atoms with Crippen LogP contribution >= 0.6 is 0 Å². The molecule has 0 saturated heterocycles. The van der Waals surface area contributed by atoms with Crippen LogP contribution in [0.3, 0.4) is 0 Å². The molecule has 2 heterocycles. The van der Waals surface area contributed by atoms with E-state index in [-0.39, 0.29) is 0 Å². The van der Waals surface area contributed by atoms with Gasteiger partial charge in [0.1, 0.15) is 0 Å². The van der Waals surface area contributed by atoms with E-state index in [1.54, 1.807) is 30.5 Å². The fraction of sp³-hybridized carbons (Fsp3) is 0.0714. The highest BCUT2D eigenvalue weighted by atomic mass is 16.3.